The average molecular weight is 606 g/mol. The van der Waals surface area contributed by atoms with Crippen LogP contribution in [0.1, 0.15) is 62.6 Å². The zero-order valence-corrected chi connectivity index (χ0v) is 26.4. The minimum Gasteiger partial charge on any atom is -0.494 e. The minimum atomic E-state index is -4.15. The van der Waals surface area contributed by atoms with Crippen molar-refractivity contribution in [2.75, 3.05) is 17.5 Å². The maximum Gasteiger partial charge on any atom is 0.264 e. The number of aryl methyl sites for hydroxylation is 2. The quantitative estimate of drug-likeness (QED) is 0.267. The third kappa shape index (κ3) is 8.16. The lowest BCUT2D eigenvalue weighted by Crippen LogP contribution is -2.53. The maximum absolute atomic E-state index is 14.3. The molecule has 43 heavy (non-hydrogen) atoms. The van der Waals surface area contributed by atoms with E-state index < -0.39 is 28.5 Å². The molecule has 1 atom stereocenters. The number of nitrogens with zero attached hydrogens (tertiary/aromatic N) is 2. The van der Waals surface area contributed by atoms with Crippen LogP contribution in [0, 0.1) is 13.8 Å². The van der Waals surface area contributed by atoms with E-state index in [1.807, 2.05) is 64.1 Å². The molecule has 1 N–H and O–H groups in total. The van der Waals surface area contributed by atoms with Crippen LogP contribution in [0.5, 0.6) is 5.75 Å². The van der Waals surface area contributed by atoms with E-state index in [9.17, 15) is 18.0 Å². The Bertz CT molecular complexity index is 1480. The molecule has 0 saturated heterocycles. The molecule has 9 heteroatoms. The molecule has 4 rings (SSSR count). The van der Waals surface area contributed by atoms with Crippen molar-refractivity contribution in [3.05, 3.63) is 89.5 Å². The molecular formula is C34H43N3O5S. The summed E-state index contributed by atoms with van der Waals surface area (Å²) in [6, 6.07) is 20.4. The normalized spacial score (nSPS) is 14.2. The summed E-state index contributed by atoms with van der Waals surface area (Å²) in [5.74, 6) is -0.0977. The monoisotopic (exact) mass is 605 g/mol. The Morgan fingerprint density at radius 2 is 1.60 bits per heavy atom. The van der Waals surface area contributed by atoms with E-state index in [1.54, 1.807) is 24.3 Å². The van der Waals surface area contributed by atoms with Gasteiger partial charge in [0.15, 0.2) is 0 Å². The van der Waals surface area contributed by atoms with Gasteiger partial charge in [-0.05, 0) is 82.0 Å². The van der Waals surface area contributed by atoms with Crippen LogP contribution in [0.3, 0.4) is 0 Å². The lowest BCUT2D eigenvalue weighted by molar-refractivity contribution is -0.140. The van der Waals surface area contributed by atoms with Crippen LogP contribution in [0.4, 0.5) is 5.69 Å². The molecule has 8 nitrogen and oxygen atoms in total. The first-order valence-electron chi connectivity index (χ1n) is 15.1. The second-order valence-corrected chi connectivity index (χ2v) is 13.0. The molecule has 2 amide bonds. The van der Waals surface area contributed by atoms with E-state index in [2.05, 4.69) is 5.32 Å². The van der Waals surface area contributed by atoms with Gasteiger partial charge >= 0.3 is 0 Å². The third-order valence-electron chi connectivity index (χ3n) is 7.85. The lowest BCUT2D eigenvalue weighted by Gasteiger charge is -2.34. The molecule has 0 aromatic heterocycles. The summed E-state index contributed by atoms with van der Waals surface area (Å²) in [4.78, 5) is 29.4. The van der Waals surface area contributed by atoms with Crippen LogP contribution in [-0.2, 0) is 26.2 Å². The molecule has 3 aromatic carbocycles. The molecule has 1 fully saturated rings. The highest BCUT2D eigenvalue weighted by Gasteiger charge is 2.34. The summed E-state index contributed by atoms with van der Waals surface area (Å²) >= 11 is 0. The van der Waals surface area contributed by atoms with Gasteiger partial charge in [0, 0.05) is 12.6 Å². The Morgan fingerprint density at radius 3 is 2.21 bits per heavy atom. The van der Waals surface area contributed by atoms with Crippen molar-refractivity contribution in [2.45, 2.75) is 83.3 Å². The molecule has 1 aliphatic carbocycles. The van der Waals surface area contributed by atoms with E-state index in [-0.39, 0.29) is 23.4 Å². The highest BCUT2D eigenvalue weighted by Crippen LogP contribution is 2.27. The molecule has 0 unspecified atom stereocenters. The third-order valence-corrected chi connectivity index (χ3v) is 9.63. The first-order chi connectivity index (χ1) is 20.6. The first-order valence-corrected chi connectivity index (χ1v) is 16.5. The van der Waals surface area contributed by atoms with E-state index in [0.717, 1.165) is 46.7 Å². The van der Waals surface area contributed by atoms with Gasteiger partial charge in [0.1, 0.15) is 18.3 Å². The van der Waals surface area contributed by atoms with Crippen LogP contribution < -0.4 is 14.4 Å². The van der Waals surface area contributed by atoms with Gasteiger partial charge in [-0.15, -0.1) is 0 Å². The number of nitrogens with one attached hydrogen (secondary N) is 1. The Labute approximate surface area is 256 Å². The smallest absolute Gasteiger partial charge is 0.264 e. The van der Waals surface area contributed by atoms with E-state index in [4.69, 9.17) is 4.74 Å². The zero-order chi connectivity index (χ0) is 31.0. The zero-order valence-electron chi connectivity index (χ0n) is 25.6. The molecule has 0 spiro atoms. The number of rotatable bonds is 13. The van der Waals surface area contributed by atoms with Gasteiger partial charge < -0.3 is 15.0 Å². The number of carbonyl (C=O) groups is 2. The standard InChI is InChI=1S/C34H43N3O5S/c1-5-32(34(39)35-28-12-7-8-13-28)36(23-27-11-9-10-26(4)22-27)33(38)24-37(29-16-14-25(3)15-17-29)43(40,41)31-20-18-30(19-21-31)42-6-2/h9-11,14-22,28,32H,5-8,12-13,23-24H2,1-4H3,(H,35,39)/t32-/m1/s1. The summed E-state index contributed by atoms with van der Waals surface area (Å²) < 4.78 is 34.8. The number of benzene rings is 3. The molecule has 230 valence electrons. The summed E-state index contributed by atoms with van der Waals surface area (Å²) in [5.41, 5.74) is 3.24. The maximum atomic E-state index is 14.3. The number of hydrogen-bond donors (Lipinski definition) is 1. The number of carbonyl (C=O) groups excluding carboxylic acids is 2. The summed E-state index contributed by atoms with van der Waals surface area (Å²) in [7, 11) is -4.15. The van der Waals surface area contributed by atoms with Gasteiger partial charge in [-0.3, -0.25) is 13.9 Å². The summed E-state index contributed by atoms with van der Waals surface area (Å²) in [6.45, 7) is 7.81. The number of anilines is 1. The fourth-order valence-corrected chi connectivity index (χ4v) is 6.95. The van der Waals surface area contributed by atoms with Crippen LogP contribution >= 0.6 is 0 Å². The molecule has 1 saturated carbocycles. The number of sulfonamides is 1. The van der Waals surface area contributed by atoms with E-state index in [0.29, 0.717) is 24.5 Å². The van der Waals surface area contributed by atoms with Gasteiger partial charge in [-0.1, -0.05) is 67.3 Å². The molecular weight excluding hydrogens is 562 g/mol. The van der Waals surface area contributed by atoms with Gasteiger partial charge in [-0.25, -0.2) is 8.42 Å². The summed E-state index contributed by atoms with van der Waals surface area (Å²) in [5, 5.41) is 3.15. The Hall–Kier alpha value is -3.85. The molecule has 0 bridgehead atoms. The van der Waals surface area contributed by atoms with Crippen molar-refractivity contribution < 1.29 is 22.7 Å². The number of amides is 2. The highest BCUT2D eigenvalue weighted by atomic mass is 32.2. The van der Waals surface area contributed by atoms with Crippen molar-refractivity contribution in [1.82, 2.24) is 10.2 Å². The molecule has 0 aliphatic heterocycles. The molecule has 3 aromatic rings. The predicted molar refractivity (Wildman–Crippen MR) is 170 cm³/mol. The lowest BCUT2D eigenvalue weighted by atomic mass is 10.1. The van der Waals surface area contributed by atoms with E-state index >= 15 is 0 Å². The average Bonchev–Trinajstić information content (AvgIpc) is 3.50. The minimum absolute atomic E-state index is 0.0422. The van der Waals surface area contributed by atoms with Gasteiger partial charge in [0.25, 0.3) is 10.0 Å². The van der Waals surface area contributed by atoms with Crippen LogP contribution in [-0.4, -0.2) is 50.4 Å². The number of hydrogen-bond acceptors (Lipinski definition) is 5. The van der Waals surface area contributed by atoms with Crippen molar-refractivity contribution in [1.29, 1.82) is 0 Å². The predicted octanol–water partition coefficient (Wildman–Crippen LogP) is 5.76. The van der Waals surface area contributed by atoms with Gasteiger partial charge in [0.2, 0.25) is 11.8 Å². The van der Waals surface area contributed by atoms with Crippen LogP contribution in [0.15, 0.2) is 77.7 Å². The fourth-order valence-electron chi connectivity index (χ4n) is 5.54. The van der Waals surface area contributed by atoms with Crippen molar-refractivity contribution >= 4 is 27.5 Å². The van der Waals surface area contributed by atoms with Gasteiger partial charge in [0.05, 0.1) is 17.2 Å². The Kier molecular flexibility index (Phi) is 10.9. The fraction of sp³-hybridized carbons (Fsp3) is 0.412. The molecule has 0 radical (unpaired) electrons. The van der Waals surface area contributed by atoms with Crippen molar-refractivity contribution in [3.63, 3.8) is 0 Å². The SMILES string of the molecule is CCOc1ccc(S(=O)(=O)N(CC(=O)N(Cc2cccc(C)c2)[C@H](CC)C(=O)NC2CCCC2)c2ccc(C)cc2)cc1. The van der Waals surface area contributed by atoms with Crippen LogP contribution in [0.2, 0.25) is 0 Å². The largest absolute Gasteiger partial charge is 0.494 e. The van der Waals surface area contributed by atoms with Crippen molar-refractivity contribution in [2.24, 2.45) is 0 Å². The van der Waals surface area contributed by atoms with Gasteiger partial charge in [-0.2, -0.15) is 0 Å². The molecule has 0 heterocycles. The molecule has 1 aliphatic rings. The van der Waals surface area contributed by atoms with Crippen LogP contribution in [0.25, 0.3) is 0 Å². The Morgan fingerprint density at radius 1 is 0.930 bits per heavy atom. The first kappa shape index (κ1) is 32.1. The summed E-state index contributed by atoms with van der Waals surface area (Å²) in [6.07, 6.45) is 4.39. The Balaban J connectivity index is 1.70. The second kappa shape index (κ2) is 14.6. The second-order valence-electron chi connectivity index (χ2n) is 11.2. The number of ether oxygens (including phenoxy) is 1. The van der Waals surface area contributed by atoms with E-state index in [1.165, 1.54) is 17.0 Å². The highest BCUT2D eigenvalue weighted by molar-refractivity contribution is 7.92. The topological polar surface area (TPSA) is 96.0 Å². The van der Waals surface area contributed by atoms with Crippen molar-refractivity contribution in [3.8, 4) is 5.75 Å².